The molecule has 9 heteroatoms. The van der Waals surface area contributed by atoms with E-state index in [0.717, 1.165) is 5.56 Å². The Morgan fingerprint density at radius 3 is 2.69 bits per heavy atom. The summed E-state index contributed by atoms with van der Waals surface area (Å²) in [5.74, 6) is -0.00819. The number of rotatable bonds is 6. The molecule has 0 unspecified atom stereocenters. The van der Waals surface area contributed by atoms with Crippen LogP contribution in [-0.4, -0.2) is 35.1 Å². The quantitative estimate of drug-likeness (QED) is 0.540. The average Bonchev–Trinajstić information content (AvgIpc) is 3.06. The fourth-order valence-electron chi connectivity index (χ4n) is 2.57. The highest BCUT2D eigenvalue weighted by Gasteiger charge is 2.32. The predicted octanol–water partition coefficient (Wildman–Crippen LogP) is 3.69. The van der Waals surface area contributed by atoms with Gasteiger partial charge in [-0.15, -0.1) is 5.10 Å². The SMILES string of the molecule is COc1ccccc1NC(=O)C[C@@H]1S/C(=N/N=C(/C)c2ccc(Cl)cc2)NC1=O. The van der Waals surface area contributed by atoms with Crippen LogP contribution in [0.4, 0.5) is 5.69 Å². The number of amidine groups is 1. The van der Waals surface area contributed by atoms with Gasteiger partial charge in [0.1, 0.15) is 11.0 Å². The van der Waals surface area contributed by atoms with Crippen LogP contribution in [0.3, 0.4) is 0 Å². The number of benzene rings is 2. The largest absolute Gasteiger partial charge is 0.495 e. The number of methoxy groups -OCH3 is 1. The van der Waals surface area contributed by atoms with Gasteiger partial charge >= 0.3 is 0 Å². The number of nitrogens with zero attached hydrogens (tertiary/aromatic N) is 2. The summed E-state index contributed by atoms with van der Waals surface area (Å²) < 4.78 is 5.21. The van der Waals surface area contributed by atoms with E-state index in [1.165, 1.54) is 18.9 Å². The summed E-state index contributed by atoms with van der Waals surface area (Å²) in [6.45, 7) is 1.81. The number of carbonyl (C=O) groups is 2. The standard InChI is InChI=1S/C20H19ClN4O3S/c1-12(13-7-9-14(21)10-8-13)24-25-20-23-19(27)17(29-20)11-18(26)22-15-5-3-4-6-16(15)28-2/h3-10,17H,11H2,1-2H3,(H,22,26)(H,23,25,27)/b24-12-/t17-/m0/s1. The van der Waals surface area contributed by atoms with Gasteiger partial charge in [-0.3, -0.25) is 9.59 Å². The summed E-state index contributed by atoms with van der Waals surface area (Å²) >= 11 is 7.06. The van der Waals surface area contributed by atoms with E-state index < -0.39 is 5.25 Å². The van der Waals surface area contributed by atoms with Crippen LogP contribution >= 0.6 is 23.4 Å². The van der Waals surface area contributed by atoms with Crippen LogP contribution < -0.4 is 15.4 Å². The maximum atomic E-state index is 12.3. The summed E-state index contributed by atoms with van der Waals surface area (Å²) in [6.07, 6.45) is 0.00739. The first kappa shape index (κ1) is 20.9. The molecule has 1 aliphatic heterocycles. The first-order valence-electron chi connectivity index (χ1n) is 8.75. The first-order valence-corrected chi connectivity index (χ1v) is 10.0. The molecular weight excluding hydrogens is 412 g/mol. The van der Waals surface area contributed by atoms with Crippen LogP contribution in [-0.2, 0) is 9.59 Å². The Kier molecular flexibility index (Phi) is 6.90. The highest BCUT2D eigenvalue weighted by atomic mass is 35.5. The second-order valence-electron chi connectivity index (χ2n) is 6.15. The minimum absolute atomic E-state index is 0.00739. The van der Waals surface area contributed by atoms with Gasteiger partial charge in [-0.25, -0.2) is 0 Å². The zero-order chi connectivity index (χ0) is 20.8. The molecule has 3 rings (SSSR count). The van der Waals surface area contributed by atoms with E-state index in [-0.39, 0.29) is 18.2 Å². The zero-order valence-electron chi connectivity index (χ0n) is 15.8. The Balaban J connectivity index is 1.61. The van der Waals surface area contributed by atoms with E-state index in [2.05, 4.69) is 20.8 Å². The molecule has 2 aromatic rings. The van der Waals surface area contributed by atoms with Crippen LogP contribution in [0.2, 0.25) is 5.02 Å². The monoisotopic (exact) mass is 430 g/mol. The summed E-state index contributed by atoms with van der Waals surface area (Å²) in [7, 11) is 1.53. The Bertz CT molecular complexity index is 976. The van der Waals surface area contributed by atoms with Crippen molar-refractivity contribution in [2.75, 3.05) is 12.4 Å². The number of ether oxygens (including phenoxy) is 1. The van der Waals surface area contributed by atoms with Crippen molar-refractivity contribution < 1.29 is 14.3 Å². The Labute approximate surface area is 177 Å². The van der Waals surface area contributed by atoms with Crippen LogP contribution in [0.5, 0.6) is 5.75 Å². The summed E-state index contributed by atoms with van der Waals surface area (Å²) in [6, 6.07) is 14.3. The van der Waals surface area contributed by atoms with Crippen molar-refractivity contribution in [1.82, 2.24) is 5.32 Å². The van der Waals surface area contributed by atoms with Crippen molar-refractivity contribution in [1.29, 1.82) is 0 Å². The van der Waals surface area contributed by atoms with Crippen molar-refractivity contribution in [3.63, 3.8) is 0 Å². The van der Waals surface area contributed by atoms with Crippen LogP contribution in [0.15, 0.2) is 58.7 Å². The van der Waals surface area contributed by atoms with Crippen molar-refractivity contribution in [3.8, 4) is 5.75 Å². The Morgan fingerprint density at radius 2 is 1.97 bits per heavy atom. The number of para-hydroxylation sites is 2. The normalized spacial score (nSPS) is 17.9. The molecular formula is C20H19ClN4O3S. The van der Waals surface area contributed by atoms with Gasteiger partial charge in [0, 0.05) is 11.4 Å². The third-order valence-corrected chi connectivity index (χ3v) is 5.41. The number of thioether (sulfide) groups is 1. The molecule has 0 aromatic heterocycles. The van der Waals surface area contributed by atoms with Gasteiger partial charge in [0.2, 0.25) is 11.8 Å². The van der Waals surface area contributed by atoms with E-state index in [1.807, 2.05) is 25.1 Å². The molecule has 0 spiro atoms. The Morgan fingerprint density at radius 1 is 1.24 bits per heavy atom. The number of carbonyl (C=O) groups excluding carboxylic acids is 2. The predicted molar refractivity (Wildman–Crippen MR) is 117 cm³/mol. The molecule has 1 atom stereocenters. The summed E-state index contributed by atoms with van der Waals surface area (Å²) in [4.78, 5) is 24.5. The third-order valence-electron chi connectivity index (χ3n) is 4.08. The van der Waals surface area contributed by atoms with Crippen molar-refractivity contribution in [2.45, 2.75) is 18.6 Å². The maximum absolute atomic E-state index is 12.3. The number of anilines is 1. The molecule has 1 aliphatic rings. The number of hydrogen-bond donors (Lipinski definition) is 2. The lowest BCUT2D eigenvalue weighted by atomic mass is 10.1. The molecule has 29 heavy (non-hydrogen) atoms. The molecule has 150 valence electrons. The fraction of sp³-hybridized carbons (Fsp3) is 0.200. The van der Waals surface area contributed by atoms with E-state index in [9.17, 15) is 9.59 Å². The van der Waals surface area contributed by atoms with Gasteiger partial charge < -0.3 is 15.4 Å². The topological polar surface area (TPSA) is 92.2 Å². The lowest BCUT2D eigenvalue weighted by Gasteiger charge is -2.10. The van der Waals surface area contributed by atoms with Gasteiger partial charge in [-0.1, -0.05) is 47.6 Å². The second kappa shape index (κ2) is 9.58. The average molecular weight is 431 g/mol. The molecule has 1 heterocycles. The summed E-state index contributed by atoms with van der Waals surface area (Å²) in [5, 5.41) is 14.1. The van der Waals surface area contributed by atoms with E-state index in [0.29, 0.717) is 27.3 Å². The van der Waals surface area contributed by atoms with Gasteiger partial charge in [-0.2, -0.15) is 5.10 Å². The molecule has 0 aliphatic carbocycles. The van der Waals surface area contributed by atoms with Crippen molar-refractivity contribution in [3.05, 3.63) is 59.1 Å². The minimum atomic E-state index is -0.575. The lowest BCUT2D eigenvalue weighted by Crippen LogP contribution is -2.28. The molecule has 0 bridgehead atoms. The molecule has 1 fully saturated rings. The highest BCUT2D eigenvalue weighted by Crippen LogP contribution is 2.26. The van der Waals surface area contributed by atoms with Crippen LogP contribution in [0.1, 0.15) is 18.9 Å². The number of nitrogens with one attached hydrogen (secondary N) is 2. The van der Waals surface area contributed by atoms with E-state index >= 15 is 0 Å². The van der Waals surface area contributed by atoms with E-state index in [1.54, 1.807) is 30.3 Å². The number of halogens is 1. The van der Waals surface area contributed by atoms with Gasteiger partial charge in [0.05, 0.1) is 18.5 Å². The summed E-state index contributed by atoms with van der Waals surface area (Å²) in [5.41, 5.74) is 2.11. The first-order chi connectivity index (χ1) is 14.0. The molecule has 2 aromatic carbocycles. The molecule has 7 nitrogen and oxygen atoms in total. The molecule has 1 saturated heterocycles. The minimum Gasteiger partial charge on any atom is -0.495 e. The molecule has 2 amide bonds. The number of hydrogen-bond acceptors (Lipinski definition) is 6. The maximum Gasteiger partial charge on any atom is 0.240 e. The van der Waals surface area contributed by atoms with Crippen LogP contribution in [0.25, 0.3) is 0 Å². The van der Waals surface area contributed by atoms with Crippen molar-refractivity contribution in [2.24, 2.45) is 10.2 Å². The van der Waals surface area contributed by atoms with Crippen molar-refractivity contribution >= 4 is 51.7 Å². The zero-order valence-corrected chi connectivity index (χ0v) is 17.4. The van der Waals surface area contributed by atoms with Crippen LogP contribution in [0, 0.1) is 0 Å². The second-order valence-corrected chi connectivity index (χ2v) is 7.77. The smallest absolute Gasteiger partial charge is 0.240 e. The van der Waals surface area contributed by atoms with Gasteiger partial charge in [-0.05, 0) is 36.8 Å². The van der Waals surface area contributed by atoms with E-state index in [4.69, 9.17) is 16.3 Å². The highest BCUT2D eigenvalue weighted by molar-refractivity contribution is 8.15. The lowest BCUT2D eigenvalue weighted by molar-refractivity contribution is -0.122. The molecule has 2 N–H and O–H groups in total. The fourth-order valence-corrected chi connectivity index (χ4v) is 3.62. The molecule has 0 radical (unpaired) electrons. The third kappa shape index (κ3) is 5.58. The van der Waals surface area contributed by atoms with Gasteiger partial charge in [0.15, 0.2) is 5.17 Å². The molecule has 0 saturated carbocycles. The number of amides is 2. The Hall–Kier alpha value is -2.84. The van der Waals surface area contributed by atoms with Gasteiger partial charge in [0.25, 0.3) is 0 Å².